The van der Waals surface area contributed by atoms with E-state index in [2.05, 4.69) is 52.1 Å². The molecule has 0 aliphatic carbocycles. The van der Waals surface area contributed by atoms with Crippen LogP contribution >= 0.6 is 0 Å². The van der Waals surface area contributed by atoms with Crippen LogP contribution in [0.5, 0.6) is 0 Å². The van der Waals surface area contributed by atoms with Crippen LogP contribution in [0, 0.1) is 20.8 Å². The van der Waals surface area contributed by atoms with Crippen molar-refractivity contribution in [1.82, 2.24) is 4.98 Å². The predicted molar refractivity (Wildman–Crippen MR) is 79.6 cm³/mol. The zero-order chi connectivity index (χ0) is 13.4. The number of benzene rings is 1. The minimum Gasteiger partial charge on any atom is -0.387 e. The lowest BCUT2D eigenvalue weighted by molar-refractivity contribution is 0.849. The number of nitrogens with zero attached hydrogens (tertiary/aromatic N) is 1. The van der Waals surface area contributed by atoms with E-state index < -0.39 is 0 Å². The highest BCUT2D eigenvalue weighted by Gasteiger charge is 2.15. The van der Waals surface area contributed by atoms with Crippen molar-refractivity contribution in [2.24, 2.45) is 0 Å². The molecule has 2 rings (SSSR count). The maximum atomic E-state index is 4.83. The Hall–Kier alpha value is -1.57. The molecule has 96 valence electrons. The van der Waals surface area contributed by atoms with Crippen molar-refractivity contribution < 1.29 is 0 Å². The van der Waals surface area contributed by atoms with E-state index in [-0.39, 0.29) is 0 Å². The molecule has 2 nitrogen and oxygen atoms in total. The van der Waals surface area contributed by atoms with E-state index in [1.54, 1.807) is 0 Å². The Morgan fingerprint density at radius 2 is 1.78 bits per heavy atom. The number of aromatic nitrogens is 1. The number of hydrogen-bond acceptors (Lipinski definition) is 2. The van der Waals surface area contributed by atoms with Gasteiger partial charge in [-0.15, -0.1) is 0 Å². The summed E-state index contributed by atoms with van der Waals surface area (Å²) in [5.74, 6) is 0.478. The van der Waals surface area contributed by atoms with Gasteiger partial charge in [0.25, 0.3) is 0 Å². The van der Waals surface area contributed by atoms with Crippen LogP contribution in [-0.4, -0.2) is 12.0 Å². The lowest BCUT2D eigenvalue weighted by Gasteiger charge is -2.19. The molecular formula is C16H22N2. The van der Waals surface area contributed by atoms with E-state index in [1.165, 1.54) is 27.8 Å². The lowest BCUT2D eigenvalue weighted by Crippen LogP contribution is -2.04. The smallest absolute Gasteiger partial charge is 0.0757 e. The molecule has 0 radical (unpaired) electrons. The average Bonchev–Trinajstić information content (AvgIpc) is 2.32. The second-order valence-electron chi connectivity index (χ2n) is 5.29. The van der Waals surface area contributed by atoms with Crippen LogP contribution in [0.15, 0.2) is 12.1 Å². The largest absolute Gasteiger partial charge is 0.387 e. The molecule has 0 aliphatic heterocycles. The minimum atomic E-state index is 0.478. The van der Waals surface area contributed by atoms with Gasteiger partial charge in [-0.3, -0.25) is 4.98 Å². The molecule has 0 unspecified atom stereocenters. The summed E-state index contributed by atoms with van der Waals surface area (Å²) in [6, 6.07) is 4.36. The molecule has 0 aliphatic rings. The first-order valence-corrected chi connectivity index (χ1v) is 6.55. The van der Waals surface area contributed by atoms with Crippen LogP contribution < -0.4 is 5.32 Å². The summed E-state index contributed by atoms with van der Waals surface area (Å²) < 4.78 is 0. The summed E-state index contributed by atoms with van der Waals surface area (Å²) >= 11 is 0. The molecule has 18 heavy (non-hydrogen) atoms. The van der Waals surface area contributed by atoms with Crippen molar-refractivity contribution in [3.8, 4) is 0 Å². The first-order valence-electron chi connectivity index (χ1n) is 6.55. The van der Waals surface area contributed by atoms with E-state index in [0.29, 0.717) is 5.92 Å². The number of anilines is 1. The molecule has 0 saturated carbocycles. The van der Waals surface area contributed by atoms with Gasteiger partial charge in [-0.2, -0.15) is 0 Å². The molecule has 0 amide bonds. The predicted octanol–water partition coefficient (Wildman–Crippen LogP) is 4.33. The SMILES string of the molecule is CNc1c(C(C)C)c(C)nc2c(C)c(C)ccc12. The molecule has 1 aromatic carbocycles. The van der Waals surface area contributed by atoms with Gasteiger partial charge in [-0.25, -0.2) is 0 Å². The van der Waals surface area contributed by atoms with E-state index in [4.69, 9.17) is 4.98 Å². The Balaban J connectivity index is 2.93. The standard InChI is InChI=1S/C16H22N2/c1-9(2)14-12(5)18-15-11(4)10(3)7-8-13(15)16(14)17-6/h7-9H,1-6H3,(H,17,18). The first-order chi connectivity index (χ1) is 8.47. The molecule has 0 fully saturated rings. The fraction of sp³-hybridized carbons (Fsp3) is 0.438. The molecule has 0 spiro atoms. The third-order valence-electron chi connectivity index (χ3n) is 3.74. The number of aryl methyl sites for hydroxylation is 3. The topological polar surface area (TPSA) is 24.9 Å². The summed E-state index contributed by atoms with van der Waals surface area (Å²) in [5.41, 5.74) is 7.40. The monoisotopic (exact) mass is 242 g/mol. The molecule has 2 aromatic rings. The molecule has 0 bridgehead atoms. The number of nitrogens with one attached hydrogen (secondary N) is 1. The second kappa shape index (κ2) is 4.60. The summed E-state index contributed by atoms with van der Waals surface area (Å²) in [6.07, 6.45) is 0. The van der Waals surface area contributed by atoms with Gasteiger partial charge < -0.3 is 5.32 Å². The molecule has 1 heterocycles. The molecule has 0 atom stereocenters. The van der Waals surface area contributed by atoms with Crippen LogP contribution in [-0.2, 0) is 0 Å². The maximum absolute atomic E-state index is 4.83. The normalized spacial score (nSPS) is 11.3. The highest BCUT2D eigenvalue weighted by molar-refractivity contribution is 5.95. The van der Waals surface area contributed by atoms with E-state index >= 15 is 0 Å². The fourth-order valence-corrected chi connectivity index (χ4v) is 2.68. The number of rotatable bonds is 2. The summed E-state index contributed by atoms with van der Waals surface area (Å²) in [6.45, 7) is 10.8. The van der Waals surface area contributed by atoms with Crippen LogP contribution in [0.25, 0.3) is 10.9 Å². The Morgan fingerprint density at radius 1 is 1.11 bits per heavy atom. The quantitative estimate of drug-likeness (QED) is 0.848. The third-order valence-corrected chi connectivity index (χ3v) is 3.74. The number of pyridine rings is 1. The van der Waals surface area contributed by atoms with Gasteiger partial charge in [0.2, 0.25) is 0 Å². The van der Waals surface area contributed by atoms with E-state index in [9.17, 15) is 0 Å². The Morgan fingerprint density at radius 3 is 2.33 bits per heavy atom. The van der Waals surface area contributed by atoms with E-state index in [1.807, 2.05) is 7.05 Å². The van der Waals surface area contributed by atoms with Gasteiger partial charge in [-0.1, -0.05) is 26.0 Å². The lowest BCUT2D eigenvalue weighted by atomic mass is 9.95. The molecular weight excluding hydrogens is 220 g/mol. The molecule has 0 saturated heterocycles. The summed E-state index contributed by atoms with van der Waals surface area (Å²) in [4.78, 5) is 4.83. The fourth-order valence-electron chi connectivity index (χ4n) is 2.68. The van der Waals surface area contributed by atoms with Crippen LogP contribution in [0.3, 0.4) is 0 Å². The van der Waals surface area contributed by atoms with Gasteiger partial charge in [-0.05, 0) is 43.4 Å². The maximum Gasteiger partial charge on any atom is 0.0757 e. The van der Waals surface area contributed by atoms with Gasteiger partial charge in [0.1, 0.15) is 0 Å². The Kier molecular flexibility index (Phi) is 3.29. The van der Waals surface area contributed by atoms with Crippen molar-refractivity contribution in [2.45, 2.75) is 40.5 Å². The van der Waals surface area contributed by atoms with Crippen molar-refractivity contribution in [2.75, 3.05) is 12.4 Å². The van der Waals surface area contributed by atoms with Crippen molar-refractivity contribution in [3.05, 3.63) is 34.5 Å². The zero-order valence-corrected chi connectivity index (χ0v) is 12.2. The third kappa shape index (κ3) is 1.86. The van der Waals surface area contributed by atoms with Crippen LogP contribution in [0.2, 0.25) is 0 Å². The highest BCUT2D eigenvalue weighted by Crippen LogP contribution is 2.34. The molecule has 1 N–H and O–H groups in total. The van der Waals surface area contributed by atoms with Gasteiger partial charge in [0, 0.05) is 23.8 Å². The second-order valence-corrected chi connectivity index (χ2v) is 5.29. The highest BCUT2D eigenvalue weighted by atomic mass is 14.9. The Labute approximate surface area is 109 Å². The van der Waals surface area contributed by atoms with Crippen LogP contribution in [0.4, 0.5) is 5.69 Å². The zero-order valence-electron chi connectivity index (χ0n) is 12.2. The van der Waals surface area contributed by atoms with Crippen LogP contribution in [0.1, 0.15) is 42.1 Å². The minimum absolute atomic E-state index is 0.478. The average molecular weight is 242 g/mol. The Bertz CT molecular complexity index is 598. The van der Waals surface area contributed by atoms with Gasteiger partial charge in [0.15, 0.2) is 0 Å². The number of fused-ring (bicyclic) bond motifs is 1. The van der Waals surface area contributed by atoms with Crippen molar-refractivity contribution >= 4 is 16.6 Å². The van der Waals surface area contributed by atoms with Gasteiger partial charge in [0.05, 0.1) is 5.52 Å². The first kappa shape index (κ1) is 12.9. The summed E-state index contributed by atoms with van der Waals surface area (Å²) in [7, 11) is 2.00. The summed E-state index contributed by atoms with van der Waals surface area (Å²) in [5, 5.41) is 4.60. The molecule has 2 heteroatoms. The van der Waals surface area contributed by atoms with Crippen molar-refractivity contribution in [3.63, 3.8) is 0 Å². The van der Waals surface area contributed by atoms with Crippen molar-refractivity contribution in [1.29, 1.82) is 0 Å². The van der Waals surface area contributed by atoms with Gasteiger partial charge >= 0.3 is 0 Å². The number of hydrogen-bond donors (Lipinski definition) is 1. The van der Waals surface area contributed by atoms with E-state index in [0.717, 1.165) is 11.2 Å². The molecule has 1 aromatic heterocycles.